The summed E-state index contributed by atoms with van der Waals surface area (Å²) < 4.78 is 0. The maximum atomic E-state index is 13.0. The first kappa shape index (κ1) is 20.9. The first-order chi connectivity index (χ1) is 14.5. The number of hydrogen-bond acceptors (Lipinski definition) is 3. The Balaban J connectivity index is 1.76. The maximum Gasteiger partial charge on any atom is 0.251 e. The molecule has 0 aliphatic rings. The Morgan fingerprint density at radius 2 is 1.60 bits per heavy atom. The van der Waals surface area contributed by atoms with Crippen LogP contribution in [0.15, 0.2) is 77.8 Å². The molecule has 7 heteroatoms. The molecular weight excluding hydrogens is 378 g/mol. The molecule has 154 valence electrons. The summed E-state index contributed by atoms with van der Waals surface area (Å²) in [6.45, 7) is 0.377. The third kappa shape index (κ3) is 5.57. The van der Waals surface area contributed by atoms with Crippen LogP contribution in [0.4, 0.5) is 5.69 Å². The van der Waals surface area contributed by atoms with Crippen molar-refractivity contribution in [2.45, 2.75) is 18.9 Å². The van der Waals surface area contributed by atoms with Crippen LogP contribution < -0.4 is 22.1 Å². The number of amides is 2. The number of aliphatic imine (C=N–C) groups is 1. The minimum atomic E-state index is -0.731. The largest absolute Gasteiger partial charge is 0.370 e. The molecule has 0 fully saturated rings. The average molecular weight is 403 g/mol. The molecule has 6 N–H and O–H groups in total. The van der Waals surface area contributed by atoms with E-state index in [4.69, 9.17) is 11.5 Å². The number of hydrogen-bond donors (Lipinski definition) is 4. The van der Waals surface area contributed by atoms with Gasteiger partial charge in [0.05, 0.1) is 0 Å². The van der Waals surface area contributed by atoms with E-state index in [1.807, 2.05) is 48.5 Å². The number of carbonyl (C=O) groups excluding carboxylic acids is 2. The summed E-state index contributed by atoms with van der Waals surface area (Å²) in [5.41, 5.74) is 11.9. The normalized spacial score (nSPS) is 11.5. The fourth-order valence-corrected chi connectivity index (χ4v) is 3.16. The smallest absolute Gasteiger partial charge is 0.251 e. The summed E-state index contributed by atoms with van der Waals surface area (Å²) >= 11 is 0. The molecule has 7 nitrogen and oxygen atoms in total. The lowest BCUT2D eigenvalue weighted by Gasteiger charge is -2.19. The number of fused-ring (bicyclic) bond motifs is 1. The molecule has 3 aromatic rings. The van der Waals surface area contributed by atoms with Gasteiger partial charge in [-0.1, -0.05) is 54.6 Å². The summed E-state index contributed by atoms with van der Waals surface area (Å²) in [6, 6.07) is 21.6. The van der Waals surface area contributed by atoms with Crippen molar-refractivity contribution in [2.24, 2.45) is 16.5 Å². The first-order valence-electron chi connectivity index (χ1n) is 9.74. The Morgan fingerprint density at radius 1 is 0.900 bits per heavy atom. The van der Waals surface area contributed by atoms with Crippen molar-refractivity contribution in [1.82, 2.24) is 5.32 Å². The quantitative estimate of drug-likeness (QED) is 0.262. The second kappa shape index (κ2) is 10.1. The van der Waals surface area contributed by atoms with Crippen molar-refractivity contribution >= 4 is 34.2 Å². The third-order valence-corrected chi connectivity index (χ3v) is 4.65. The Bertz CT molecular complexity index is 1040. The van der Waals surface area contributed by atoms with Gasteiger partial charge in [-0.2, -0.15) is 0 Å². The molecule has 3 aromatic carbocycles. The van der Waals surface area contributed by atoms with E-state index in [1.54, 1.807) is 24.3 Å². The highest BCUT2D eigenvalue weighted by molar-refractivity contribution is 6.05. The Hall–Kier alpha value is -3.87. The van der Waals surface area contributed by atoms with E-state index in [9.17, 15) is 9.59 Å². The van der Waals surface area contributed by atoms with Crippen LogP contribution in [0.1, 0.15) is 23.2 Å². The van der Waals surface area contributed by atoms with Crippen molar-refractivity contribution in [1.29, 1.82) is 0 Å². The van der Waals surface area contributed by atoms with Gasteiger partial charge in [0.1, 0.15) is 6.04 Å². The maximum absolute atomic E-state index is 13.0. The molecule has 0 aliphatic carbocycles. The van der Waals surface area contributed by atoms with Gasteiger partial charge in [0.2, 0.25) is 5.91 Å². The van der Waals surface area contributed by atoms with Gasteiger partial charge in [0.15, 0.2) is 5.96 Å². The number of guanidine groups is 1. The van der Waals surface area contributed by atoms with E-state index in [1.165, 1.54) is 0 Å². The van der Waals surface area contributed by atoms with Crippen LogP contribution in [0.2, 0.25) is 0 Å². The molecule has 0 bridgehead atoms. The number of rotatable bonds is 8. The van der Waals surface area contributed by atoms with Crippen molar-refractivity contribution in [3.8, 4) is 0 Å². The fourth-order valence-electron chi connectivity index (χ4n) is 3.16. The lowest BCUT2D eigenvalue weighted by Crippen LogP contribution is -2.44. The van der Waals surface area contributed by atoms with Gasteiger partial charge in [-0.3, -0.25) is 14.6 Å². The molecule has 0 radical (unpaired) electrons. The average Bonchev–Trinajstić information content (AvgIpc) is 2.76. The molecule has 1 atom stereocenters. The van der Waals surface area contributed by atoms with Gasteiger partial charge < -0.3 is 22.1 Å². The summed E-state index contributed by atoms with van der Waals surface area (Å²) in [7, 11) is 0. The highest BCUT2D eigenvalue weighted by atomic mass is 16.2. The predicted octanol–water partition coefficient (Wildman–Crippen LogP) is 2.63. The van der Waals surface area contributed by atoms with Gasteiger partial charge in [-0.25, -0.2) is 0 Å². The van der Waals surface area contributed by atoms with Crippen LogP contribution in [0.5, 0.6) is 0 Å². The fraction of sp³-hybridized carbons (Fsp3) is 0.174. The van der Waals surface area contributed by atoms with Crippen LogP contribution in [0, 0.1) is 0 Å². The molecule has 0 saturated carbocycles. The van der Waals surface area contributed by atoms with Crippen LogP contribution in [-0.2, 0) is 4.79 Å². The molecule has 0 unspecified atom stereocenters. The Morgan fingerprint density at radius 3 is 2.37 bits per heavy atom. The van der Waals surface area contributed by atoms with Gasteiger partial charge in [-0.05, 0) is 36.4 Å². The standard InChI is InChI=1S/C23H25N5O2/c24-23(25)26-15-7-14-20(28-21(29)17-9-2-1-3-10-17)22(30)27-19-13-6-11-16-8-4-5-12-18(16)19/h1-6,8-13,20H,7,14-15H2,(H,27,30)(H,28,29)(H4,24,25,26)/t20-/m0/s1. The minimum absolute atomic E-state index is 0.0000723. The molecule has 0 heterocycles. The predicted molar refractivity (Wildman–Crippen MR) is 120 cm³/mol. The van der Waals surface area contributed by atoms with Crippen molar-refractivity contribution in [2.75, 3.05) is 11.9 Å². The summed E-state index contributed by atoms with van der Waals surface area (Å²) in [5, 5.41) is 7.73. The molecule has 0 aliphatic heterocycles. The Kier molecular flexibility index (Phi) is 7.00. The number of nitrogens with zero attached hydrogens (tertiary/aromatic N) is 1. The van der Waals surface area contributed by atoms with E-state index in [0.29, 0.717) is 30.6 Å². The van der Waals surface area contributed by atoms with E-state index in [-0.39, 0.29) is 17.8 Å². The zero-order valence-electron chi connectivity index (χ0n) is 16.5. The van der Waals surface area contributed by atoms with E-state index in [2.05, 4.69) is 15.6 Å². The Labute approximate surface area is 175 Å². The second-order valence-corrected chi connectivity index (χ2v) is 6.86. The number of nitrogens with two attached hydrogens (primary N) is 2. The van der Waals surface area contributed by atoms with E-state index >= 15 is 0 Å². The lowest BCUT2D eigenvalue weighted by atomic mass is 10.1. The molecule has 0 saturated heterocycles. The van der Waals surface area contributed by atoms with Gasteiger partial charge in [-0.15, -0.1) is 0 Å². The van der Waals surface area contributed by atoms with Gasteiger partial charge in [0, 0.05) is 23.2 Å². The van der Waals surface area contributed by atoms with Crippen molar-refractivity contribution in [3.63, 3.8) is 0 Å². The number of benzene rings is 3. The van der Waals surface area contributed by atoms with Crippen molar-refractivity contribution < 1.29 is 9.59 Å². The summed E-state index contributed by atoms with van der Waals surface area (Å²) in [5.74, 6) is -0.601. The second-order valence-electron chi connectivity index (χ2n) is 6.86. The van der Waals surface area contributed by atoms with Crippen molar-refractivity contribution in [3.05, 3.63) is 78.4 Å². The van der Waals surface area contributed by atoms with Crippen LogP contribution in [-0.4, -0.2) is 30.4 Å². The summed E-state index contributed by atoms with van der Waals surface area (Å²) in [4.78, 5) is 29.6. The lowest BCUT2D eigenvalue weighted by molar-refractivity contribution is -0.118. The van der Waals surface area contributed by atoms with Crippen LogP contribution >= 0.6 is 0 Å². The highest BCUT2D eigenvalue weighted by Crippen LogP contribution is 2.23. The molecule has 0 aromatic heterocycles. The molecule has 2 amide bonds. The summed E-state index contributed by atoms with van der Waals surface area (Å²) in [6.07, 6.45) is 0.937. The van der Waals surface area contributed by atoms with Gasteiger partial charge in [0.25, 0.3) is 5.91 Å². The van der Waals surface area contributed by atoms with Gasteiger partial charge >= 0.3 is 0 Å². The molecule has 30 heavy (non-hydrogen) atoms. The van der Waals surface area contributed by atoms with E-state index < -0.39 is 6.04 Å². The van der Waals surface area contributed by atoms with E-state index in [0.717, 1.165) is 10.8 Å². The minimum Gasteiger partial charge on any atom is -0.370 e. The van der Waals surface area contributed by atoms with Crippen LogP contribution in [0.3, 0.4) is 0 Å². The van der Waals surface area contributed by atoms with Crippen LogP contribution in [0.25, 0.3) is 10.8 Å². The number of carbonyl (C=O) groups is 2. The third-order valence-electron chi connectivity index (χ3n) is 4.65. The molecular formula is C23H25N5O2. The zero-order valence-corrected chi connectivity index (χ0v) is 16.5. The highest BCUT2D eigenvalue weighted by Gasteiger charge is 2.21. The number of anilines is 1. The number of nitrogens with one attached hydrogen (secondary N) is 2. The molecule has 3 rings (SSSR count). The zero-order chi connectivity index (χ0) is 21.3. The topological polar surface area (TPSA) is 123 Å². The first-order valence-corrected chi connectivity index (χ1v) is 9.74. The molecule has 0 spiro atoms. The SMILES string of the molecule is NC(N)=NCCC[C@H](NC(=O)c1ccccc1)C(=O)Nc1cccc2ccccc12. The monoisotopic (exact) mass is 403 g/mol.